The summed E-state index contributed by atoms with van der Waals surface area (Å²) in [5.41, 5.74) is 2.52. The van der Waals surface area contributed by atoms with E-state index in [9.17, 15) is 22.8 Å². The summed E-state index contributed by atoms with van der Waals surface area (Å²) in [5.74, 6) is -2.37. The topological polar surface area (TPSA) is 98.6 Å². The molecule has 4 aromatic rings. The molecule has 2 aromatic heterocycles. The Morgan fingerprint density at radius 3 is 2.44 bits per heavy atom. The van der Waals surface area contributed by atoms with E-state index in [0.717, 1.165) is 5.56 Å². The van der Waals surface area contributed by atoms with Gasteiger partial charge in [-0.05, 0) is 68.1 Å². The number of ether oxygens (including phenoxy) is 2. The van der Waals surface area contributed by atoms with Gasteiger partial charge in [-0.25, -0.2) is 18.9 Å². The van der Waals surface area contributed by atoms with E-state index in [0.29, 0.717) is 59.7 Å². The third-order valence-corrected chi connectivity index (χ3v) is 7.44. The van der Waals surface area contributed by atoms with Crippen LogP contribution < -0.4 is 10.1 Å². The van der Waals surface area contributed by atoms with Crippen LogP contribution in [0.1, 0.15) is 49.9 Å². The summed E-state index contributed by atoms with van der Waals surface area (Å²) in [7, 11) is 1.59. The van der Waals surface area contributed by atoms with E-state index in [2.05, 4.69) is 4.98 Å². The summed E-state index contributed by atoms with van der Waals surface area (Å²) in [5, 5.41) is 7.35. The third-order valence-electron chi connectivity index (χ3n) is 7.44. The Morgan fingerprint density at radius 2 is 1.80 bits per heavy atom. The fourth-order valence-corrected chi connectivity index (χ4v) is 5.28. The Bertz CT molecular complexity index is 1710. The van der Waals surface area contributed by atoms with Crippen molar-refractivity contribution in [3.05, 3.63) is 77.4 Å². The smallest absolute Gasteiger partial charge is 0.471 e. The molecule has 2 amide bonds. The lowest BCUT2D eigenvalue weighted by molar-refractivity contribution is -0.173. The molecule has 3 heterocycles. The average molecular weight is 628 g/mol. The van der Waals surface area contributed by atoms with E-state index >= 15 is 4.39 Å². The second kappa shape index (κ2) is 12.4. The maximum Gasteiger partial charge on any atom is 0.471 e. The lowest BCUT2D eigenvalue weighted by Crippen LogP contribution is -2.36. The Hall–Kier alpha value is -4.68. The molecule has 2 aromatic carbocycles. The monoisotopic (exact) mass is 627 g/mol. The zero-order valence-electron chi connectivity index (χ0n) is 25.2. The highest BCUT2D eigenvalue weighted by Crippen LogP contribution is 2.38. The number of nitrogens with one attached hydrogen (secondary N) is 1. The number of pyridine rings is 1. The molecular weight excluding hydrogens is 594 g/mol. The Kier molecular flexibility index (Phi) is 8.72. The second-order valence-electron chi connectivity index (χ2n) is 11.8. The molecule has 238 valence electrons. The van der Waals surface area contributed by atoms with Gasteiger partial charge in [0.15, 0.2) is 5.65 Å². The van der Waals surface area contributed by atoms with Crippen LogP contribution in [0, 0.1) is 5.82 Å². The number of alkyl halides is 3. The summed E-state index contributed by atoms with van der Waals surface area (Å²) in [4.78, 5) is 30.3. The van der Waals surface area contributed by atoms with Gasteiger partial charge in [0, 0.05) is 37.3 Å². The lowest BCUT2D eigenvalue weighted by Gasteiger charge is -2.24. The number of hydrogen-bond donors (Lipinski definition) is 1. The van der Waals surface area contributed by atoms with Crippen LogP contribution in [0.4, 0.5) is 22.4 Å². The molecule has 1 aliphatic heterocycles. The first-order chi connectivity index (χ1) is 21.2. The molecule has 0 spiro atoms. The number of methoxy groups -OCH3 is 1. The number of carbonyl (C=O) groups is 2. The molecule has 1 aliphatic rings. The lowest BCUT2D eigenvalue weighted by atomic mass is 9.95. The van der Waals surface area contributed by atoms with Gasteiger partial charge in [0.1, 0.15) is 17.2 Å². The summed E-state index contributed by atoms with van der Waals surface area (Å²) in [6.45, 7) is 6.01. The number of carbonyl (C=O) groups excluding carboxylic acids is 2. The van der Waals surface area contributed by atoms with Gasteiger partial charge >= 0.3 is 18.2 Å². The first kappa shape index (κ1) is 31.7. The number of benzene rings is 2. The molecule has 1 unspecified atom stereocenters. The SMILES string of the molecule is COc1ccc(Cn2nc(C3CCN(C(=O)OC(C)(C)C)C3)c3c(-c4ccc(CNC(=O)C(F)(F)F)c(F)c4)ccnc32)cc1. The van der Waals surface area contributed by atoms with Crippen molar-refractivity contribution < 1.29 is 36.6 Å². The highest BCUT2D eigenvalue weighted by Gasteiger charge is 2.38. The van der Waals surface area contributed by atoms with Crippen LogP contribution in [0.2, 0.25) is 0 Å². The molecule has 45 heavy (non-hydrogen) atoms. The van der Waals surface area contributed by atoms with Crippen LogP contribution in [0.15, 0.2) is 54.7 Å². The van der Waals surface area contributed by atoms with Crippen molar-refractivity contribution in [2.75, 3.05) is 20.2 Å². The molecule has 1 atom stereocenters. The van der Waals surface area contributed by atoms with Crippen LogP contribution in [0.25, 0.3) is 22.2 Å². The molecule has 13 heteroatoms. The molecule has 9 nitrogen and oxygen atoms in total. The fourth-order valence-electron chi connectivity index (χ4n) is 5.28. The summed E-state index contributed by atoms with van der Waals surface area (Å²) >= 11 is 0. The van der Waals surface area contributed by atoms with Crippen LogP contribution in [-0.4, -0.2) is 63.6 Å². The first-order valence-electron chi connectivity index (χ1n) is 14.3. The zero-order chi connectivity index (χ0) is 32.5. The molecule has 1 saturated heterocycles. The van der Waals surface area contributed by atoms with E-state index in [1.54, 1.807) is 61.1 Å². The standard InChI is InChI=1S/C32H33F4N5O4/c1-31(2,3)45-30(43)40-14-12-22(18-40)27-26-24(20-7-8-21(25(33)15-20)16-38-29(42)32(34,35)36)11-13-37-28(26)41(39-27)17-19-5-9-23(44-4)10-6-19/h5-11,13,15,22H,12,14,16-18H2,1-4H3,(H,38,42). The maximum atomic E-state index is 15.2. The summed E-state index contributed by atoms with van der Waals surface area (Å²) < 4.78 is 65.6. The van der Waals surface area contributed by atoms with Gasteiger partial charge in [-0.2, -0.15) is 18.3 Å². The van der Waals surface area contributed by atoms with Crippen molar-refractivity contribution in [3.63, 3.8) is 0 Å². The van der Waals surface area contributed by atoms with E-state index in [1.807, 2.05) is 24.3 Å². The van der Waals surface area contributed by atoms with Crippen LogP contribution in [-0.2, 0) is 22.6 Å². The minimum absolute atomic E-state index is 0.0964. The maximum absolute atomic E-state index is 15.2. The molecular formula is C32H33F4N5O4. The molecule has 0 saturated carbocycles. The van der Waals surface area contributed by atoms with Gasteiger partial charge < -0.3 is 19.7 Å². The largest absolute Gasteiger partial charge is 0.497 e. The van der Waals surface area contributed by atoms with Gasteiger partial charge in [0.25, 0.3) is 0 Å². The van der Waals surface area contributed by atoms with Crippen molar-refractivity contribution in [1.82, 2.24) is 25.0 Å². The van der Waals surface area contributed by atoms with Gasteiger partial charge in [-0.15, -0.1) is 0 Å². The van der Waals surface area contributed by atoms with Crippen molar-refractivity contribution in [2.45, 2.75) is 58.0 Å². The Morgan fingerprint density at radius 1 is 1.07 bits per heavy atom. The number of nitrogens with zero attached hydrogens (tertiary/aromatic N) is 4. The minimum Gasteiger partial charge on any atom is -0.497 e. The first-order valence-corrected chi connectivity index (χ1v) is 14.3. The Labute approximate surface area is 257 Å². The number of rotatable bonds is 7. The predicted molar refractivity (Wildman–Crippen MR) is 158 cm³/mol. The van der Waals surface area contributed by atoms with Crippen molar-refractivity contribution in [1.29, 1.82) is 0 Å². The number of likely N-dealkylation sites (tertiary alicyclic amines) is 1. The van der Waals surface area contributed by atoms with E-state index < -0.39 is 36.1 Å². The highest BCUT2D eigenvalue weighted by atomic mass is 19.4. The normalized spacial score (nSPS) is 15.4. The molecule has 0 radical (unpaired) electrons. The predicted octanol–water partition coefficient (Wildman–Crippen LogP) is 6.20. The van der Waals surface area contributed by atoms with Crippen LogP contribution in [0.3, 0.4) is 0 Å². The van der Waals surface area contributed by atoms with Crippen LogP contribution >= 0.6 is 0 Å². The minimum atomic E-state index is -5.07. The highest BCUT2D eigenvalue weighted by molar-refractivity contribution is 5.95. The number of halogens is 4. The van der Waals surface area contributed by atoms with E-state index in [4.69, 9.17) is 14.6 Å². The quantitative estimate of drug-likeness (QED) is 0.245. The summed E-state index contributed by atoms with van der Waals surface area (Å²) in [6.07, 6.45) is -3.28. The molecule has 0 bridgehead atoms. The van der Waals surface area contributed by atoms with Gasteiger partial charge in [0.2, 0.25) is 0 Å². The molecule has 5 rings (SSSR count). The van der Waals surface area contributed by atoms with E-state index in [-0.39, 0.29) is 11.5 Å². The van der Waals surface area contributed by atoms with E-state index in [1.165, 1.54) is 12.1 Å². The number of hydrogen-bond acceptors (Lipinski definition) is 6. The van der Waals surface area contributed by atoms with Crippen LogP contribution in [0.5, 0.6) is 5.75 Å². The second-order valence-corrected chi connectivity index (χ2v) is 11.8. The molecule has 1 fully saturated rings. The zero-order valence-corrected chi connectivity index (χ0v) is 25.2. The van der Waals surface area contributed by atoms with Crippen molar-refractivity contribution >= 4 is 23.0 Å². The van der Waals surface area contributed by atoms with Gasteiger partial charge in [-0.3, -0.25) is 4.79 Å². The summed E-state index contributed by atoms with van der Waals surface area (Å²) in [6, 6.07) is 13.4. The molecule has 0 aliphatic carbocycles. The Balaban J connectivity index is 1.52. The molecule has 1 N–H and O–H groups in total. The van der Waals surface area contributed by atoms with Gasteiger partial charge in [0.05, 0.1) is 24.7 Å². The van der Waals surface area contributed by atoms with Crippen molar-refractivity contribution in [3.8, 4) is 16.9 Å². The van der Waals surface area contributed by atoms with Crippen molar-refractivity contribution in [2.24, 2.45) is 0 Å². The van der Waals surface area contributed by atoms with Gasteiger partial charge in [-0.1, -0.05) is 24.3 Å². The fraction of sp³-hybridized carbons (Fsp3) is 0.375. The number of fused-ring (bicyclic) bond motifs is 1. The average Bonchev–Trinajstić information content (AvgIpc) is 3.61. The third kappa shape index (κ3) is 7.18. The number of amides is 2. The number of aromatic nitrogens is 3.